The highest BCUT2D eigenvalue weighted by atomic mass is 16.1. The highest BCUT2D eigenvalue weighted by Crippen LogP contribution is 2.27. The van der Waals surface area contributed by atoms with Gasteiger partial charge in [-0.3, -0.25) is 9.69 Å². The monoisotopic (exact) mass is 225 g/mol. The maximum atomic E-state index is 11.6. The second-order valence-corrected chi connectivity index (χ2v) is 4.95. The van der Waals surface area contributed by atoms with E-state index < -0.39 is 0 Å². The Hall–Kier alpha value is -0.610. The molecule has 2 atom stereocenters. The van der Waals surface area contributed by atoms with Gasteiger partial charge < -0.3 is 11.1 Å². The predicted octanol–water partition coefficient (Wildman–Crippen LogP) is 0.468. The molecule has 1 amide bonds. The molecule has 92 valence electrons. The second-order valence-electron chi connectivity index (χ2n) is 4.95. The number of hydrogen-bond acceptors (Lipinski definition) is 3. The number of rotatable bonds is 4. The number of nitrogens with one attached hydrogen (secondary N) is 1. The van der Waals surface area contributed by atoms with Crippen LogP contribution in [0.15, 0.2) is 0 Å². The minimum Gasteiger partial charge on any atom is -0.352 e. The van der Waals surface area contributed by atoms with Crippen molar-refractivity contribution in [3.05, 3.63) is 0 Å². The van der Waals surface area contributed by atoms with E-state index >= 15 is 0 Å². The van der Waals surface area contributed by atoms with Gasteiger partial charge in [0.2, 0.25) is 5.91 Å². The molecule has 0 aliphatic carbocycles. The summed E-state index contributed by atoms with van der Waals surface area (Å²) in [5.41, 5.74) is 5.40. The fraction of sp³-hybridized carbons (Fsp3) is 0.917. The first-order valence-electron chi connectivity index (χ1n) is 6.55. The maximum Gasteiger partial charge on any atom is 0.220 e. The molecular formula is C12H23N3O. The molecular weight excluding hydrogens is 202 g/mol. The van der Waals surface area contributed by atoms with Gasteiger partial charge in [0.05, 0.1) is 0 Å². The van der Waals surface area contributed by atoms with Gasteiger partial charge in [-0.25, -0.2) is 0 Å². The van der Waals surface area contributed by atoms with Crippen molar-refractivity contribution in [1.82, 2.24) is 10.2 Å². The van der Waals surface area contributed by atoms with Gasteiger partial charge in [0, 0.05) is 25.0 Å². The van der Waals surface area contributed by atoms with E-state index in [2.05, 4.69) is 10.2 Å². The Kier molecular flexibility index (Phi) is 4.18. The van der Waals surface area contributed by atoms with Gasteiger partial charge in [0.1, 0.15) is 0 Å². The Balaban J connectivity index is 1.79. The van der Waals surface area contributed by atoms with E-state index in [1.807, 2.05) is 0 Å². The molecule has 0 aromatic carbocycles. The zero-order chi connectivity index (χ0) is 11.4. The van der Waals surface area contributed by atoms with E-state index in [1.165, 1.54) is 25.8 Å². The number of carbonyl (C=O) groups is 1. The molecule has 0 saturated carbocycles. The third-order valence-electron chi connectivity index (χ3n) is 3.81. The quantitative estimate of drug-likeness (QED) is 0.731. The molecule has 2 unspecified atom stereocenters. The van der Waals surface area contributed by atoms with Crippen LogP contribution in [0.3, 0.4) is 0 Å². The summed E-state index contributed by atoms with van der Waals surface area (Å²) in [6.07, 6.45) is 6.40. The van der Waals surface area contributed by atoms with Crippen LogP contribution >= 0.6 is 0 Å². The summed E-state index contributed by atoms with van der Waals surface area (Å²) in [4.78, 5) is 14.2. The number of nitrogens with zero attached hydrogens (tertiary/aromatic N) is 1. The molecule has 4 heteroatoms. The maximum absolute atomic E-state index is 11.6. The van der Waals surface area contributed by atoms with Crippen molar-refractivity contribution < 1.29 is 4.79 Å². The zero-order valence-electron chi connectivity index (χ0n) is 9.95. The molecule has 3 N–H and O–H groups in total. The Bertz CT molecular complexity index is 244. The van der Waals surface area contributed by atoms with Crippen LogP contribution in [0.25, 0.3) is 0 Å². The molecule has 0 spiro atoms. The minimum atomic E-state index is 0.183. The fourth-order valence-electron chi connectivity index (χ4n) is 2.96. The van der Waals surface area contributed by atoms with Gasteiger partial charge in [-0.1, -0.05) is 6.42 Å². The molecule has 0 aromatic heterocycles. The van der Waals surface area contributed by atoms with Crippen LogP contribution < -0.4 is 11.1 Å². The van der Waals surface area contributed by atoms with Gasteiger partial charge in [-0.05, 0) is 38.8 Å². The molecule has 2 saturated heterocycles. The van der Waals surface area contributed by atoms with E-state index in [0.717, 1.165) is 19.4 Å². The summed E-state index contributed by atoms with van der Waals surface area (Å²) < 4.78 is 0. The molecule has 2 aliphatic heterocycles. The fourth-order valence-corrected chi connectivity index (χ4v) is 2.96. The van der Waals surface area contributed by atoms with E-state index in [9.17, 15) is 4.79 Å². The van der Waals surface area contributed by atoms with Gasteiger partial charge >= 0.3 is 0 Å². The first-order chi connectivity index (χ1) is 7.81. The second kappa shape index (κ2) is 5.64. The third-order valence-corrected chi connectivity index (χ3v) is 3.81. The van der Waals surface area contributed by atoms with Crippen molar-refractivity contribution in [2.24, 2.45) is 5.73 Å². The van der Waals surface area contributed by atoms with Crippen molar-refractivity contribution in [2.45, 2.75) is 50.6 Å². The number of hydrogen-bond donors (Lipinski definition) is 2. The summed E-state index contributed by atoms with van der Waals surface area (Å²) in [6, 6.07) is 1.00. The summed E-state index contributed by atoms with van der Waals surface area (Å²) in [5.74, 6) is 0.183. The average Bonchev–Trinajstić information content (AvgIpc) is 2.70. The topological polar surface area (TPSA) is 58.4 Å². The summed E-state index contributed by atoms with van der Waals surface area (Å²) >= 11 is 0. The number of fused-ring (bicyclic) bond motifs is 1. The van der Waals surface area contributed by atoms with E-state index in [-0.39, 0.29) is 5.91 Å². The lowest BCUT2D eigenvalue weighted by Crippen LogP contribution is -2.46. The van der Waals surface area contributed by atoms with Crippen LogP contribution in [-0.4, -0.2) is 42.5 Å². The largest absolute Gasteiger partial charge is 0.352 e. The molecule has 4 nitrogen and oxygen atoms in total. The smallest absolute Gasteiger partial charge is 0.220 e. The summed E-state index contributed by atoms with van der Waals surface area (Å²) in [7, 11) is 0. The summed E-state index contributed by atoms with van der Waals surface area (Å²) in [6.45, 7) is 2.99. The highest BCUT2D eigenvalue weighted by molar-refractivity contribution is 5.76. The van der Waals surface area contributed by atoms with Crippen molar-refractivity contribution in [1.29, 1.82) is 0 Å². The van der Waals surface area contributed by atoms with E-state index in [0.29, 0.717) is 25.0 Å². The number of carbonyl (C=O) groups excluding carboxylic acids is 1. The molecule has 2 aliphatic rings. The first-order valence-corrected chi connectivity index (χ1v) is 6.55. The normalized spacial score (nSPS) is 30.1. The number of piperidine rings is 1. The van der Waals surface area contributed by atoms with Crippen LogP contribution in [-0.2, 0) is 4.79 Å². The minimum absolute atomic E-state index is 0.183. The zero-order valence-corrected chi connectivity index (χ0v) is 9.95. The first kappa shape index (κ1) is 11.9. The molecule has 2 heterocycles. The van der Waals surface area contributed by atoms with E-state index in [4.69, 9.17) is 5.73 Å². The van der Waals surface area contributed by atoms with Gasteiger partial charge in [0.15, 0.2) is 0 Å². The molecule has 2 fully saturated rings. The van der Waals surface area contributed by atoms with Crippen molar-refractivity contribution in [3.8, 4) is 0 Å². The van der Waals surface area contributed by atoms with Crippen molar-refractivity contribution >= 4 is 5.91 Å². The van der Waals surface area contributed by atoms with Crippen LogP contribution in [0, 0.1) is 0 Å². The highest BCUT2D eigenvalue weighted by Gasteiger charge is 2.35. The molecule has 0 radical (unpaired) electrons. The predicted molar refractivity (Wildman–Crippen MR) is 64.0 cm³/mol. The Morgan fingerprint density at radius 2 is 2.19 bits per heavy atom. The lowest BCUT2D eigenvalue weighted by atomic mass is 9.99. The van der Waals surface area contributed by atoms with Gasteiger partial charge in [-0.2, -0.15) is 0 Å². The molecule has 2 rings (SSSR count). The average molecular weight is 225 g/mol. The van der Waals surface area contributed by atoms with Crippen LogP contribution in [0.1, 0.15) is 38.5 Å². The van der Waals surface area contributed by atoms with Crippen LogP contribution in [0.4, 0.5) is 0 Å². The van der Waals surface area contributed by atoms with E-state index in [1.54, 1.807) is 0 Å². The van der Waals surface area contributed by atoms with Gasteiger partial charge in [0.25, 0.3) is 0 Å². The Morgan fingerprint density at radius 3 is 3.00 bits per heavy atom. The van der Waals surface area contributed by atoms with Crippen molar-refractivity contribution in [3.63, 3.8) is 0 Å². The third kappa shape index (κ3) is 2.74. The molecule has 16 heavy (non-hydrogen) atoms. The Morgan fingerprint density at radius 1 is 1.31 bits per heavy atom. The standard InChI is InChI=1S/C12H23N3O/c13-7-3-5-12(16)14-10-6-9-15-8-2-1-4-11(10)15/h10-11H,1-9,13H2,(H,14,16). The van der Waals surface area contributed by atoms with Crippen LogP contribution in [0.2, 0.25) is 0 Å². The number of amides is 1. The number of nitrogens with two attached hydrogens (primary N) is 1. The lowest BCUT2D eigenvalue weighted by Gasteiger charge is -2.32. The SMILES string of the molecule is NCCCC(=O)NC1CCN2CCCCC12. The molecule has 0 bridgehead atoms. The molecule has 0 aromatic rings. The lowest BCUT2D eigenvalue weighted by molar-refractivity contribution is -0.122. The van der Waals surface area contributed by atoms with Gasteiger partial charge in [-0.15, -0.1) is 0 Å². The van der Waals surface area contributed by atoms with Crippen LogP contribution in [0.5, 0.6) is 0 Å². The Labute approximate surface area is 97.6 Å². The summed E-state index contributed by atoms with van der Waals surface area (Å²) in [5, 5.41) is 3.18. The van der Waals surface area contributed by atoms with Crippen molar-refractivity contribution in [2.75, 3.05) is 19.6 Å².